The van der Waals surface area contributed by atoms with Crippen molar-refractivity contribution in [3.05, 3.63) is 116 Å². The molecule has 2 aliphatic rings. The molecule has 2 atom stereocenters. The molecule has 0 radical (unpaired) electrons. The standard InChI is InChI=1S/C24H17N7O5/c32-23-19-20(13-5-3-7-15(11-13)30(33)34)29-18-10-2-1-9-17(18)25-24(29)28-22(19)26-21(27-23)14-6-4-8-16(12-14)31(35)36/h1-12,20-21,26H,(H,25,28)(H,27,32). The molecule has 3 aromatic carbocycles. The molecule has 4 aromatic rings. The minimum absolute atomic E-state index is 0.0993. The van der Waals surface area contributed by atoms with Crippen LogP contribution in [0.3, 0.4) is 0 Å². The predicted molar refractivity (Wildman–Crippen MR) is 129 cm³/mol. The fraction of sp³-hybridized carbons (Fsp3) is 0.0833. The molecular weight excluding hydrogens is 466 g/mol. The lowest BCUT2D eigenvalue weighted by Crippen LogP contribution is -2.49. The molecule has 3 heterocycles. The Morgan fingerprint density at radius 3 is 2.22 bits per heavy atom. The van der Waals surface area contributed by atoms with Crippen LogP contribution in [-0.4, -0.2) is 25.3 Å². The van der Waals surface area contributed by atoms with Gasteiger partial charge >= 0.3 is 0 Å². The molecule has 1 aromatic heterocycles. The molecule has 1 amide bonds. The summed E-state index contributed by atoms with van der Waals surface area (Å²) in [4.78, 5) is 40.0. The number of non-ortho nitro benzene ring substituents is 2. The van der Waals surface area contributed by atoms with Gasteiger partial charge in [-0.3, -0.25) is 29.6 Å². The lowest BCUT2D eigenvalue weighted by atomic mass is 9.93. The highest BCUT2D eigenvalue weighted by molar-refractivity contribution is 5.99. The average Bonchev–Trinajstić information content (AvgIpc) is 3.25. The van der Waals surface area contributed by atoms with Crippen LogP contribution >= 0.6 is 0 Å². The van der Waals surface area contributed by atoms with Crippen LogP contribution in [0.1, 0.15) is 23.3 Å². The van der Waals surface area contributed by atoms with E-state index in [1.165, 1.54) is 24.3 Å². The number of nitrogens with zero attached hydrogens (tertiary/aromatic N) is 4. The number of anilines is 1. The van der Waals surface area contributed by atoms with E-state index in [9.17, 15) is 25.0 Å². The lowest BCUT2D eigenvalue weighted by Gasteiger charge is -2.37. The van der Waals surface area contributed by atoms with Crippen LogP contribution in [0.15, 0.2) is 84.2 Å². The predicted octanol–water partition coefficient (Wildman–Crippen LogP) is 3.50. The molecule has 0 saturated carbocycles. The number of nitro groups is 2. The van der Waals surface area contributed by atoms with Crippen LogP contribution in [0, 0.1) is 20.2 Å². The number of nitrogens with one attached hydrogen (secondary N) is 3. The molecule has 2 unspecified atom stereocenters. The van der Waals surface area contributed by atoms with E-state index in [0.29, 0.717) is 34.0 Å². The maximum Gasteiger partial charge on any atom is 0.269 e. The highest BCUT2D eigenvalue weighted by Gasteiger charge is 2.40. The zero-order chi connectivity index (χ0) is 25.0. The second-order valence-electron chi connectivity index (χ2n) is 8.37. The number of imidazole rings is 1. The van der Waals surface area contributed by atoms with Crippen molar-refractivity contribution in [2.75, 3.05) is 5.32 Å². The van der Waals surface area contributed by atoms with E-state index in [1.54, 1.807) is 24.3 Å². The Morgan fingerprint density at radius 1 is 0.833 bits per heavy atom. The third-order valence-corrected chi connectivity index (χ3v) is 6.25. The summed E-state index contributed by atoms with van der Waals surface area (Å²) in [6, 6.07) is 18.8. The Labute approximate surface area is 202 Å². The normalized spacial score (nSPS) is 18.5. The van der Waals surface area contributed by atoms with Crippen molar-refractivity contribution < 1.29 is 14.6 Å². The molecule has 3 N–H and O–H groups in total. The van der Waals surface area contributed by atoms with Crippen molar-refractivity contribution in [2.24, 2.45) is 0 Å². The molecule has 178 valence electrons. The number of rotatable bonds is 4. The van der Waals surface area contributed by atoms with Gasteiger partial charge in [-0.15, -0.1) is 0 Å². The van der Waals surface area contributed by atoms with E-state index in [2.05, 4.69) is 20.9 Å². The van der Waals surface area contributed by atoms with Crippen molar-refractivity contribution in [1.82, 2.24) is 20.2 Å². The van der Waals surface area contributed by atoms with E-state index >= 15 is 0 Å². The summed E-state index contributed by atoms with van der Waals surface area (Å²) in [5.41, 5.74) is 2.58. The van der Waals surface area contributed by atoms with Crippen molar-refractivity contribution in [1.29, 1.82) is 0 Å². The van der Waals surface area contributed by atoms with Gasteiger partial charge in [-0.25, -0.2) is 4.98 Å². The molecule has 36 heavy (non-hydrogen) atoms. The van der Waals surface area contributed by atoms with Crippen LogP contribution in [0.2, 0.25) is 0 Å². The summed E-state index contributed by atoms with van der Waals surface area (Å²) < 4.78 is 1.84. The number of carbonyl (C=O) groups is 1. The van der Waals surface area contributed by atoms with Gasteiger partial charge in [-0.2, -0.15) is 0 Å². The van der Waals surface area contributed by atoms with Gasteiger partial charge in [0.1, 0.15) is 12.0 Å². The zero-order valence-electron chi connectivity index (χ0n) is 18.4. The quantitative estimate of drug-likeness (QED) is 0.294. The zero-order valence-corrected chi connectivity index (χ0v) is 18.4. The Hall–Kier alpha value is -5.26. The van der Waals surface area contributed by atoms with Crippen molar-refractivity contribution in [2.45, 2.75) is 12.2 Å². The number of carbonyl (C=O) groups excluding carboxylic acids is 1. The Kier molecular flexibility index (Phi) is 4.67. The molecule has 0 fully saturated rings. The maximum absolute atomic E-state index is 13.6. The molecule has 12 nitrogen and oxygen atoms in total. The lowest BCUT2D eigenvalue weighted by molar-refractivity contribution is -0.385. The highest BCUT2D eigenvalue weighted by Crippen LogP contribution is 2.41. The van der Waals surface area contributed by atoms with E-state index in [-0.39, 0.29) is 11.4 Å². The first-order chi connectivity index (χ1) is 17.4. The summed E-state index contributed by atoms with van der Waals surface area (Å²) in [6.45, 7) is 0. The van der Waals surface area contributed by atoms with Gasteiger partial charge in [-0.1, -0.05) is 36.4 Å². The molecule has 12 heteroatoms. The van der Waals surface area contributed by atoms with Crippen molar-refractivity contribution in [3.8, 4) is 0 Å². The molecule has 0 saturated heterocycles. The van der Waals surface area contributed by atoms with Gasteiger partial charge in [0.05, 0.1) is 32.5 Å². The van der Waals surface area contributed by atoms with Crippen LogP contribution in [-0.2, 0) is 4.79 Å². The largest absolute Gasteiger partial charge is 0.347 e. The average molecular weight is 483 g/mol. The van der Waals surface area contributed by atoms with Gasteiger partial charge in [0, 0.05) is 29.8 Å². The molecule has 0 aliphatic carbocycles. The summed E-state index contributed by atoms with van der Waals surface area (Å²) in [6.07, 6.45) is -0.745. The Morgan fingerprint density at radius 2 is 1.50 bits per heavy atom. The van der Waals surface area contributed by atoms with E-state index < -0.39 is 28.0 Å². The number of aromatic nitrogens is 2. The smallest absolute Gasteiger partial charge is 0.269 e. The first-order valence-electron chi connectivity index (χ1n) is 10.9. The van der Waals surface area contributed by atoms with Gasteiger partial charge in [0.15, 0.2) is 0 Å². The maximum atomic E-state index is 13.6. The Balaban J connectivity index is 1.51. The number of nitro benzene ring substituents is 2. The first-order valence-corrected chi connectivity index (χ1v) is 10.9. The second kappa shape index (κ2) is 7.91. The fourth-order valence-electron chi connectivity index (χ4n) is 4.69. The van der Waals surface area contributed by atoms with Crippen molar-refractivity contribution in [3.63, 3.8) is 0 Å². The summed E-state index contributed by atoms with van der Waals surface area (Å²) >= 11 is 0. The van der Waals surface area contributed by atoms with Gasteiger partial charge in [0.25, 0.3) is 17.3 Å². The van der Waals surface area contributed by atoms with Gasteiger partial charge < -0.3 is 16.0 Å². The molecule has 0 spiro atoms. The summed E-state index contributed by atoms with van der Waals surface area (Å²) in [5.74, 6) is 0.397. The van der Waals surface area contributed by atoms with Crippen LogP contribution in [0.25, 0.3) is 11.0 Å². The topological polar surface area (TPSA) is 157 Å². The molecular formula is C24H17N7O5. The van der Waals surface area contributed by atoms with E-state index in [0.717, 1.165) is 5.52 Å². The van der Waals surface area contributed by atoms with Crippen LogP contribution < -0.4 is 16.0 Å². The third-order valence-electron chi connectivity index (χ3n) is 6.25. The minimum atomic E-state index is -0.745. The second-order valence-corrected chi connectivity index (χ2v) is 8.37. The monoisotopic (exact) mass is 483 g/mol. The number of hydrogen-bond acceptors (Lipinski definition) is 8. The SMILES string of the molecule is O=C1NC(c2cccc([N+](=O)[O-])c2)NC2=C1C(c1cccc([N+](=O)[O-])c1)n1c(nc3ccccc31)N2. The molecule has 0 bridgehead atoms. The number of para-hydroxylation sites is 2. The third kappa shape index (κ3) is 3.31. The molecule has 2 aliphatic heterocycles. The van der Waals surface area contributed by atoms with Crippen LogP contribution in [0.5, 0.6) is 0 Å². The van der Waals surface area contributed by atoms with Gasteiger partial charge in [-0.05, 0) is 17.7 Å². The number of amides is 1. The minimum Gasteiger partial charge on any atom is -0.347 e. The van der Waals surface area contributed by atoms with Crippen molar-refractivity contribution >= 4 is 34.3 Å². The van der Waals surface area contributed by atoms with Gasteiger partial charge in [0.2, 0.25) is 5.95 Å². The fourth-order valence-corrected chi connectivity index (χ4v) is 4.69. The first kappa shape index (κ1) is 21.3. The molecule has 6 rings (SSSR count). The number of fused-ring (bicyclic) bond motifs is 3. The van der Waals surface area contributed by atoms with E-state index in [1.807, 2.05) is 28.8 Å². The number of benzene rings is 3. The summed E-state index contributed by atoms with van der Waals surface area (Å²) in [7, 11) is 0. The Bertz CT molecular complexity index is 1630. The number of hydrogen-bond donors (Lipinski definition) is 3. The van der Waals surface area contributed by atoms with Crippen LogP contribution in [0.4, 0.5) is 17.3 Å². The summed E-state index contributed by atoms with van der Waals surface area (Å²) in [5, 5.41) is 32.0. The highest BCUT2D eigenvalue weighted by atomic mass is 16.6. The van der Waals surface area contributed by atoms with E-state index in [4.69, 9.17) is 0 Å².